The van der Waals surface area contributed by atoms with Gasteiger partial charge in [-0.15, -0.1) is 0 Å². The third-order valence-corrected chi connectivity index (χ3v) is 5.83. The number of hydrogen-bond acceptors (Lipinski definition) is 6. The molecule has 2 heterocycles. The van der Waals surface area contributed by atoms with E-state index in [4.69, 9.17) is 20.9 Å². The summed E-state index contributed by atoms with van der Waals surface area (Å²) in [5.74, 6) is 0.888. The summed E-state index contributed by atoms with van der Waals surface area (Å²) in [7, 11) is 0. The van der Waals surface area contributed by atoms with Gasteiger partial charge in [0.25, 0.3) is 0 Å². The summed E-state index contributed by atoms with van der Waals surface area (Å²) in [5.41, 5.74) is 3.23. The van der Waals surface area contributed by atoms with Crippen LogP contribution in [0, 0.1) is 6.92 Å². The van der Waals surface area contributed by atoms with Gasteiger partial charge in [0.15, 0.2) is 0 Å². The lowest BCUT2D eigenvalue weighted by atomic mass is 10.0. The first-order valence-electron chi connectivity index (χ1n) is 10.8. The molecule has 0 saturated carbocycles. The summed E-state index contributed by atoms with van der Waals surface area (Å²) >= 11 is 5.92. The lowest BCUT2D eigenvalue weighted by molar-refractivity contribution is -0.121. The van der Waals surface area contributed by atoms with Gasteiger partial charge >= 0.3 is 0 Å². The van der Waals surface area contributed by atoms with Crippen molar-refractivity contribution in [2.75, 3.05) is 32.8 Å². The Labute approximate surface area is 192 Å². The Kier molecular flexibility index (Phi) is 7.52. The third kappa shape index (κ3) is 5.94. The number of carbonyl (C=O) groups is 1. The van der Waals surface area contributed by atoms with E-state index in [-0.39, 0.29) is 18.4 Å². The number of nitrogens with one attached hydrogen (secondary N) is 1. The highest BCUT2D eigenvalue weighted by Crippen LogP contribution is 2.22. The predicted octanol–water partition coefficient (Wildman–Crippen LogP) is 3.82. The molecular formula is C24H27ClN4O3. The number of aryl methyl sites for hydroxylation is 2. The molecule has 4 rings (SSSR count). The maximum absolute atomic E-state index is 12.5. The molecule has 1 saturated heterocycles. The minimum atomic E-state index is -0.0402. The van der Waals surface area contributed by atoms with Crippen LogP contribution in [0.25, 0.3) is 11.4 Å². The van der Waals surface area contributed by atoms with Gasteiger partial charge in [0, 0.05) is 43.1 Å². The van der Waals surface area contributed by atoms with E-state index in [1.807, 2.05) is 12.1 Å². The van der Waals surface area contributed by atoms with E-state index < -0.39 is 0 Å². The van der Waals surface area contributed by atoms with E-state index >= 15 is 0 Å². The van der Waals surface area contributed by atoms with E-state index in [1.54, 1.807) is 12.1 Å². The first kappa shape index (κ1) is 22.5. The van der Waals surface area contributed by atoms with Crippen LogP contribution in [0.3, 0.4) is 0 Å². The highest BCUT2D eigenvalue weighted by Gasteiger charge is 2.23. The van der Waals surface area contributed by atoms with Gasteiger partial charge in [-0.3, -0.25) is 9.69 Å². The van der Waals surface area contributed by atoms with Crippen molar-refractivity contribution in [2.45, 2.75) is 25.8 Å². The van der Waals surface area contributed by atoms with Gasteiger partial charge in [-0.1, -0.05) is 46.6 Å². The van der Waals surface area contributed by atoms with Crippen LogP contribution in [-0.4, -0.2) is 53.8 Å². The molecule has 0 radical (unpaired) electrons. The SMILES string of the molecule is Cc1ccc(C(CNC(=O)CCc2nc(-c3ccc(Cl)cc3)no2)N2CCOCC2)cc1. The van der Waals surface area contributed by atoms with E-state index in [0.29, 0.717) is 42.9 Å². The Balaban J connectivity index is 1.32. The molecule has 3 aromatic rings. The van der Waals surface area contributed by atoms with Gasteiger partial charge in [-0.2, -0.15) is 4.98 Å². The Morgan fingerprint density at radius 2 is 1.84 bits per heavy atom. The number of ether oxygens (including phenoxy) is 1. The average Bonchev–Trinajstić information content (AvgIpc) is 3.29. The Hall–Kier alpha value is -2.74. The smallest absolute Gasteiger partial charge is 0.227 e. The van der Waals surface area contributed by atoms with E-state index in [2.05, 4.69) is 51.5 Å². The molecule has 32 heavy (non-hydrogen) atoms. The van der Waals surface area contributed by atoms with Crippen LogP contribution >= 0.6 is 11.6 Å². The lowest BCUT2D eigenvalue weighted by Crippen LogP contribution is -2.43. The number of hydrogen-bond donors (Lipinski definition) is 1. The number of rotatable bonds is 8. The van der Waals surface area contributed by atoms with Gasteiger partial charge in [-0.05, 0) is 36.8 Å². The van der Waals surface area contributed by atoms with Gasteiger partial charge in [0.1, 0.15) is 0 Å². The second-order valence-electron chi connectivity index (χ2n) is 7.90. The lowest BCUT2D eigenvalue weighted by Gasteiger charge is -2.35. The van der Waals surface area contributed by atoms with Crippen LogP contribution in [0.2, 0.25) is 5.02 Å². The molecular weight excluding hydrogens is 428 g/mol. The highest BCUT2D eigenvalue weighted by molar-refractivity contribution is 6.30. The molecule has 8 heteroatoms. The van der Waals surface area contributed by atoms with Crippen molar-refractivity contribution >= 4 is 17.5 Å². The van der Waals surface area contributed by atoms with Crippen molar-refractivity contribution in [3.05, 3.63) is 70.6 Å². The summed E-state index contributed by atoms with van der Waals surface area (Å²) in [5, 5.41) is 7.73. The van der Waals surface area contributed by atoms with Crippen LogP contribution in [-0.2, 0) is 16.0 Å². The number of carbonyl (C=O) groups excluding carboxylic acids is 1. The number of nitrogens with zero attached hydrogens (tertiary/aromatic N) is 3. The number of halogens is 1. The Morgan fingerprint density at radius 1 is 1.12 bits per heavy atom. The van der Waals surface area contributed by atoms with Crippen molar-refractivity contribution in [3.63, 3.8) is 0 Å². The second-order valence-corrected chi connectivity index (χ2v) is 8.33. The second kappa shape index (κ2) is 10.7. The summed E-state index contributed by atoms with van der Waals surface area (Å²) in [6.07, 6.45) is 0.672. The van der Waals surface area contributed by atoms with Crippen molar-refractivity contribution < 1.29 is 14.1 Å². The zero-order chi connectivity index (χ0) is 22.3. The summed E-state index contributed by atoms with van der Waals surface area (Å²) in [4.78, 5) is 19.3. The molecule has 1 aromatic heterocycles. The molecule has 1 amide bonds. The molecule has 1 N–H and O–H groups in total. The first-order valence-corrected chi connectivity index (χ1v) is 11.2. The fourth-order valence-electron chi connectivity index (χ4n) is 3.73. The average molecular weight is 455 g/mol. The summed E-state index contributed by atoms with van der Waals surface area (Å²) in [6.45, 7) is 5.74. The minimum Gasteiger partial charge on any atom is -0.379 e. The van der Waals surface area contributed by atoms with E-state index in [1.165, 1.54) is 11.1 Å². The monoisotopic (exact) mass is 454 g/mol. The van der Waals surface area contributed by atoms with Crippen LogP contribution in [0.15, 0.2) is 53.1 Å². The quantitative estimate of drug-likeness (QED) is 0.557. The van der Waals surface area contributed by atoms with Crippen LogP contribution in [0.5, 0.6) is 0 Å². The molecule has 1 unspecified atom stereocenters. The molecule has 1 aliphatic rings. The normalized spacial score (nSPS) is 15.4. The van der Waals surface area contributed by atoms with Crippen LogP contribution in [0.4, 0.5) is 0 Å². The van der Waals surface area contributed by atoms with Gasteiger partial charge in [0.05, 0.1) is 19.3 Å². The van der Waals surface area contributed by atoms with Crippen LogP contribution in [0.1, 0.15) is 29.5 Å². The Morgan fingerprint density at radius 3 is 2.56 bits per heavy atom. The van der Waals surface area contributed by atoms with Gasteiger partial charge in [0.2, 0.25) is 17.6 Å². The summed E-state index contributed by atoms with van der Waals surface area (Å²) < 4.78 is 10.8. The van der Waals surface area contributed by atoms with Gasteiger partial charge in [-0.25, -0.2) is 0 Å². The maximum Gasteiger partial charge on any atom is 0.227 e. The molecule has 7 nitrogen and oxygen atoms in total. The molecule has 168 valence electrons. The topological polar surface area (TPSA) is 80.5 Å². The van der Waals surface area contributed by atoms with Crippen molar-refractivity contribution in [1.82, 2.24) is 20.4 Å². The molecule has 2 aromatic carbocycles. The molecule has 1 aliphatic heterocycles. The molecule has 0 spiro atoms. The fraction of sp³-hybridized carbons (Fsp3) is 0.375. The molecule has 1 atom stereocenters. The highest BCUT2D eigenvalue weighted by atomic mass is 35.5. The van der Waals surface area contributed by atoms with Crippen molar-refractivity contribution in [2.24, 2.45) is 0 Å². The zero-order valence-corrected chi connectivity index (χ0v) is 18.8. The molecule has 0 aliphatic carbocycles. The predicted molar refractivity (Wildman–Crippen MR) is 122 cm³/mol. The minimum absolute atomic E-state index is 0.0402. The van der Waals surface area contributed by atoms with Crippen molar-refractivity contribution in [1.29, 1.82) is 0 Å². The zero-order valence-electron chi connectivity index (χ0n) is 18.1. The third-order valence-electron chi connectivity index (χ3n) is 5.58. The number of benzene rings is 2. The van der Waals surface area contributed by atoms with E-state index in [9.17, 15) is 4.79 Å². The first-order chi connectivity index (χ1) is 15.6. The Bertz CT molecular complexity index is 1010. The van der Waals surface area contributed by atoms with Gasteiger partial charge < -0.3 is 14.6 Å². The summed E-state index contributed by atoms with van der Waals surface area (Å²) in [6, 6.07) is 15.8. The number of amides is 1. The number of aromatic nitrogens is 2. The van der Waals surface area contributed by atoms with Crippen molar-refractivity contribution in [3.8, 4) is 11.4 Å². The van der Waals surface area contributed by atoms with Crippen LogP contribution < -0.4 is 5.32 Å². The molecule has 0 bridgehead atoms. The largest absolute Gasteiger partial charge is 0.379 e. The number of morpholine rings is 1. The molecule has 1 fully saturated rings. The van der Waals surface area contributed by atoms with E-state index in [0.717, 1.165) is 18.7 Å². The standard InChI is InChI=1S/C24H27ClN4O3/c1-17-2-4-18(5-3-17)21(29-12-14-31-15-13-29)16-26-22(30)10-11-23-27-24(28-32-23)19-6-8-20(25)9-7-19/h2-9,21H,10-16H2,1H3,(H,26,30). The fourth-order valence-corrected chi connectivity index (χ4v) is 3.85. The maximum atomic E-state index is 12.5.